The fourth-order valence-electron chi connectivity index (χ4n) is 3.67. The summed E-state index contributed by atoms with van der Waals surface area (Å²) in [5.74, 6) is 0.765. The van der Waals surface area contributed by atoms with Crippen LogP contribution in [0.4, 0.5) is 11.5 Å². The van der Waals surface area contributed by atoms with E-state index in [1.807, 2.05) is 18.3 Å². The molecule has 29 heavy (non-hydrogen) atoms. The second-order valence-electron chi connectivity index (χ2n) is 7.14. The summed E-state index contributed by atoms with van der Waals surface area (Å²) in [7, 11) is 0. The molecule has 2 N–H and O–H groups in total. The van der Waals surface area contributed by atoms with Crippen LogP contribution in [0.25, 0.3) is 20.3 Å². The molecule has 3 aromatic heterocycles. The number of aliphatic hydroxyl groups excluding tert-OH is 1. The number of hydrogen-bond acceptors (Lipinski definition) is 8. The molecule has 0 aliphatic carbocycles. The van der Waals surface area contributed by atoms with Crippen molar-refractivity contribution >= 4 is 43.1 Å². The molecule has 0 bridgehead atoms. The van der Waals surface area contributed by atoms with E-state index in [1.165, 1.54) is 4.70 Å². The van der Waals surface area contributed by atoms with Crippen LogP contribution in [0.1, 0.15) is 0 Å². The minimum Gasteiger partial charge on any atom is -0.390 e. The molecule has 1 aromatic carbocycles. The van der Waals surface area contributed by atoms with Gasteiger partial charge in [-0.15, -0.1) is 11.3 Å². The highest BCUT2D eigenvalue weighted by Gasteiger charge is 2.16. The lowest BCUT2D eigenvalue weighted by Gasteiger charge is -2.28. The van der Waals surface area contributed by atoms with Gasteiger partial charge in [-0.1, -0.05) is 18.2 Å². The van der Waals surface area contributed by atoms with Crippen LogP contribution in [0.5, 0.6) is 0 Å². The van der Waals surface area contributed by atoms with E-state index < -0.39 is 6.10 Å². The number of morpholine rings is 1. The number of ether oxygens (including phenoxy) is 1. The first-order valence-corrected chi connectivity index (χ1v) is 10.5. The summed E-state index contributed by atoms with van der Waals surface area (Å²) in [6, 6.07) is 8.25. The Morgan fingerprint density at radius 3 is 2.93 bits per heavy atom. The number of aliphatic hydroxyl groups is 1. The standard InChI is InChI=1S/C20H22N6O2S/c27-15(11-25-5-7-28-8-6-25)12-26-10-14(9-23-26)24-19-18-16-3-1-2-4-17(16)29-20(18)22-13-21-19/h1-4,9-10,13,15,27H,5-8,11-12H2,(H,21,22,24). The second kappa shape index (κ2) is 8.03. The van der Waals surface area contributed by atoms with Crippen molar-refractivity contribution in [2.45, 2.75) is 12.6 Å². The topological polar surface area (TPSA) is 88.3 Å². The first kappa shape index (κ1) is 18.4. The van der Waals surface area contributed by atoms with Gasteiger partial charge in [-0.05, 0) is 6.07 Å². The Bertz CT molecular complexity index is 1120. The molecule has 1 unspecified atom stereocenters. The summed E-state index contributed by atoms with van der Waals surface area (Å²) in [6.07, 6.45) is 4.75. The van der Waals surface area contributed by atoms with Crippen LogP contribution in [0.3, 0.4) is 0 Å². The largest absolute Gasteiger partial charge is 0.390 e. The SMILES string of the molecule is OC(CN1CCOCC1)Cn1cc(Nc2ncnc3sc4ccccc4c23)cn1. The van der Waals surface area contributed by atoms with Gasteiger partial charge in [0.1, 0.15) is 17.0 Å². The van der Waals surface area contributed by atoms with Crippen molar-refractivity contribution in [1.29, 1.82) is 0 Å². The molecule has 9 heteroatoms. The van der Waals surface area contributed by atoms with Gasteiger partial charge >= 0.3 is 0 Å². The van der Waals surface area contributed by atoms with Crippen LogP contribution in [-0.2, 0) is 11.3 Å². The van der Waals surface area contributed by atoms with Crippen LogP contribution in [0.2, 0.25) is 0 Å². The van der Waals surface area contributed by atoms with Gasteiger partial charge in [0.15, 0.2) is 0 Å². The quantitative estimate of drug-likeness (QED) is 0.505. The lowest BCUT2D eigenvalue weighted by molar-refractivity contribution is 0.0108. The highest BCUT2D eigenvalue weighted by molar-refractivity contribution is 7.25. The van der Waals surface area contributed by atoms with Crippen molar-refractivity contribution in [1.82, 2.24) is 24.6 Å². The predicted octanol–water partition coefficient (Wildman–Crippen LogP) is 2.48. The molecule has 4 heterocycles. The van der Waals surface area contributed by atoms with Crippen LogP contribution in [0, 0.1) is 0 Å². The van der Waals surface area contributed by atoms with Gasteiger partial charge in [-0.25, -0.2) is 9.97 Å². The molecule has 1 aliphatic heterocycles. The Morgan fingerprint density at radius 1 is 1.17 bits per heavy atom. The van der Waals surface area contributed by atoms with Crippen molar-refractivity contribution < 1.29 is 9.84 Å². The van der Waals surface area contributed by atoms with E-state index in [4.69, 9.17) is 4.74 Å². The van der Waals surface area contributed by atoms with Crippen LogP contribution >= 0.6 is 11.3 Å². The number of thiophene rings is 1. The Hall–Kier alpha value is -2.59. The van der Waals surface area contributed by atoms with E-state index in [2.05, 4.69) is 37.4 Å². The fraction of sp³-hybridized carbons (Fsp3) is 0.350. The molecule has 1 fully saturated rings. The summed E-state index contributed by atoms with van der Waals surface area (Å²) in [6.45, 7) is 4.25. The molecule has 0 spiro atoms. The Morgan fingerprint density at radius 2 is 2.03 bits per heavy atom. The van der Waals surface area contributed by atoms with E-state index in [0.29, 0.717) is 13.1 Å². The number of hydrogen-bond donors (Lipinski definition) is 2. The molecule has 150 valence electrons. The average Bonchev–Trinajstić information content (AvgIpc) is 3.33. The van der Waals surface area contributed by atoms with Gasteiger partial charge in [0.05, 0.1) is 43.1 Å². The predicted molar refractivity (Wildman–Crippen MR) is 114 cm³/mol. The van der Waals surface area contributed by atoms with Gasteiger partial charge < -0.3 is 15.2 Å². The Labute approximate surface area is 171 Å². The molecule has 4 aromatic rings. The molecule has 0 radical (unpaired) electrons. The van der Waals surface area contributed by atoms with Gasteiger partial charge in [0.25, 0.3) is 0 Å². The van der Waals surface area contributed by atoms with Crippen molar-refractivity contribution in [2.75, 3.05) is 38.2 Å². The van der Waals surface area contributed by atoms with E-state index in [0.717, 1.165) is 53.4 Å². The van der Waals surface area contributed by atoms with E-state index in [1.54, 1.807) is 28.5 Å². The zero-order chi connectivity index (χ0) is 19.6. The first-order chi connectivity index (χ1) is 14.3. The molecule has 5 rings (SSSR count). The summed E-state index contributed by atoms with van der Waals surface area (Å²) in [5.41, 5.74) is 0.832. The highest BCUT2D eigenvalue weighted by Crippen LogP contribution is 2.36. The zero-order valence-corrected chi connectivity index (χ0v) is 16.7. The zero-order valence-electron chi connectivity index (χ0n) is 15.9. The molecular formula is C20H22N6O2S. The lowest BCUT2D eigenvalue weighted by atomic mass is 10.2. The molecule has 0 amide bonds. The molecule has 1 aliphatic rings. The van der Waals surface area contributed by atoms with E-state index in [-0.39, 0.29) is 0 Å². The minimum absolute atomic E-state index is 0.444. The van der Waals surface area contributed by atoms with Crippen LogP contribution in [-0.4, -0.2) is 68.7 Å². The molecule has 8 nitrogen and oxygen atoms in total. The van der Waals surface area contributed by atoms with Crippen molar-refractivity contribution in [3.05, 3.63) is 43.0 Å². The first-order valence-electron chi connectivity index (χ1n) is 9.66. The number of rotatable bonds is 6. The van der Waals surface area contributed by atoms with Gasteiger partial charge in [0, 0.05) is 35.9 Å². The lowest BCUT2D eigenvalue weighted by Crippen LogP contribution is -2.42. The third-order valence-corrected chi connectivity index (χ3v) is 6.12. The summed E-state index contributed by atoms with van der Waals surface area (Å²) >= 11 is 1.66. The molecular weight excluding hydrogens is 388 g/mol. The fourth-order valence-corrected chi connectivity index (χ4v) is 4.71. The summed E-state index contributed by atoms with van der Waals surface area (Å²) in [5, 5.41) is 20.3. The summed E-state index contributed by atoms with van der Waals surface area (Å²) < 4.78 is 8.30. The molecule has 0 saturated carbocycles. The Kier molecular flexibility index (Phi) is 5.11. The van der Waals surface area contributed by atoms with Crippen LogP contribution in [0.15, 0.2) is 43.0 Å². The maximum Gasteiger partial charge on any atom is 0.143 e. The third kappa shape index (κ3) is 3.95. The number of benzene rings is 1. The maximum atomic E-state index is 10.4. The maximum absolute atomic E-state index is 10.4. The van der Waals surface area contributed by atoms with Crippen LogP contribution < -0.4 is 5.32 Å². The number of nitrogens with zero attached hydrogens (tertiary/aromatic N) is 5. The number of aromatic nitrogens is 4. The summed E-state index contributed by atoms with van der Waals surface area (Å²) in [4.78, 5) is 12.0. The number of nitrogens with one attached hydrogen (secondary N) is 1. The monoisotopic (exact) mass is 410 g/mol. The van der Waals surface area contributed by atoms with Crippen molar-refractivity contribution in [2.24, 2.45) is 0 Å². The smallest absolute Gasteiger partial charge is 0.143 e. The molecule has 1 saturated heterocycles. The van der Waals surface area contributed by atoms with E-state index in [9.17, 15) is 5.11 Å². The Balaban J connectivity index is 1.31. The van der Waals surface area contributed by atoms with Gasteiger partial charge in [-0.3, -0.25) is 9.58 Å². The van der Waals surface area contributed by atoms with Gasteiger partial charge in [0.2, 0.25) is 0 Å². The minimum atomic E-state index is -0.479. The van der Waals surface area contributed by atoms with Crippen molar-refractivity contribution in [3.63, 3.8) is 0 Å². The number of β-amino-alcohol motifs (C(OH)–C–C–N with tert-alkyl or cyclic N) is 1. The highest BCUT2D eigenvalue weighted by atomic mass is 32.1. The second-order valence-corrected chi connectivity index (χ2v) is 8.17. The van der Waals surface area contributed by atoms with Gasteiger partial charge in [-0.2, -0.15) is 5.10 Å². The third-order valence-electron chi connectivity index (χ3n) is 5.04. The number of fused-ring (bicyclic) bond motifs is 3. The normalized spacial score (nSPS) is 16.4. The average molecular weight is 411 g/mol. The van der Waals surface area contributed by atoms with Crippen molar-refractivity contribution in [3.8, 4) is 0 Å². The molecule has 1 atom stereocenters. The number of anilines is 2. The van der Waals surface area contributed by atoms with E-state index >= 15 is 0 Å².